The summed E-state index contributed by atoms with van der Waals surface area (Å²) in [5.74, 6) is 0.648. The SMILES string of the molecule is NS(=O)(=O)c1cc(CN(Nc2ccccc2)c2ccccc2)cc(NCc2ccccc2)c1Oc1ccccc1. The van der Waals surface area contributed by atoms with E-state index < -0.39 is 10.0 Å². The summed E-state index contributed by atoms with van der Waals surface area (Å²) in [7, 11) is -4.14. The number of nitrogens with two attached hydrogens (primary N) is 1. The molecule has 0 saturated heterocycles. The summed E-state index contributed by atoms with van der Waals surface area (Å²) in [6.07, 6.45) is 0. The molecule has 0 saturated carbocycles. The second-order valence-corrected chi connectivity index (χ2v) is 10.7. The summed E-state index contributed by atoms with van der Waals surface area (Å²) in [4.78, 5) is -0.0999. The van der Waals surface area contributed by atoms with Crippen molar-refractivity contribution in [3.63, 3.8) is 0 Å². The lowest BCUT2D eigenvalue weighted by molar-refractivity contribution is 0.469. The van der Waals surface area contributed by atoms with E-state index >= 15 is 0 Å². The van der Waals surface area contributed by atoms with Gasteiger partial charge in [0.2, 0.25) is 10.0 Å². The molecule has 5 rings (SSSR count). The van der Waals surface area contributed by atoms with Crippen LogP contribution in [0.2, 0.25) is 0 Å². The van der Waals surface area contributed by atoms with Crippen LogP contribution < -0.4 is 25.6 Å². The fraction of sp³-hybridized carbons (Fsp3) is 0.0625. The molecule has 0 aliphatic carbocycles. The summed E-state index contributed by atoms with van der Waals surface area (Å²) >= 11 is 0. The van der Waals surface area contributed by atoms with Gasteiger partial charge in [0.25, 0.3) is 0 Å². The number of benzene rings is 5. The van der Waals surface area contributed by atoms with Crippen LogP contribution in [0, 0.1) is 0 Å². The van der Waals surface area contributed by atoms with Crippen molar-refractivity contribution < 1.29 is 13.2 Å². The number of rotatable bonds is 11. The number of para-hydroxylation sites is 3. The first-order chi connectivity index (χ1) is 19.5. The zero-order chi connectivity index (χ0) is 27.8. The third-order valence-electron chi connectivity index (χ3n) is 6.16. The van der Waals surface area contributed by atoms with Crippen molar-refractivity contribution in [1.82, 2.24) is 0 Å². The molecular formula is C32H30N4O3S. The Bertz CT molecular complexity index is 1630. The number of nitrogens with one attached hydrogen (secondary N) is 2. The van der Waals surface area contributed by atoms with Gasteiger partial charge < -0.3 is 10.1 Å². The standard InChI is InChI=1S/C32H30N4O3S/c33-40(37,38)31-22-26(24-36(28-17-9-3-10-18-28)35-27-15-7-2-8-16-27)21-30(34-23-25-13-5-1-6-14-25)32(31)39-29-19-11-4-12-20-29/h1-22,34-35H,23-24H2,(H2,33,37,38). The molecular weight excluding hydrogens is 520 g/mol. The van der Waals surface area contributed by atoms with Gasteiger partial charge >= 0.3 is 0 Å². The number of nitrogens with zero attached hydrogens (tertiary/aromatic N) is 1. The molecule has 7 nitrogen and oxygen atoms in total. The van der Waals surface area contributed by atoms with Gasteiger partial charge in [-0.2, -0.15) is 0 Å². The minimum absolute atomic E-state index is 0.0999. The van der Waals surface area contributed by atoms with Gasteiger partial charge in [0.1, 0.15) is 10.6 Å². The van der Waals surface area contributed by atoms with E-state index in [-0.39, 0.29) is 10.6 Å². The number of hydrazine groups is 1. The fourth-order valence-corrected chi connectivity index (χ4v) is 4.98. The molecule has 0 aliphatic heterocycles. The van der Waals surface area contributed by atoms with Gasteiger partial charge in [-0.05, 0) is 59.7 Å². The molecule has 5 aromatic rings. The Morgan fingerprint density at radius 3 is 1.90 bits per heavy atom. The summed E-state index contributed by atoms with van der Waals surface area (Å²) < 4.78 is 32.0. The van der Waals surface area contributed by atoms with E-state index in [1.807, 2.05) is 120 Å². The molecule has 4 N–H and O–H groups in total. The Hall–Kier alpha value is -4.79. The van der Waals surface area contributed by atoms with Gasteiger partial charge in [-0.1, -0.05) is 84.9 Å². The third kappa shape index (κ3) is 6.99. The molecule has 0 bridgehead atoms. The predicted molar refractivity (Wildman–Crippen MR) is 161 cm³/mol. The number of ether oxygens (including phenoxy) is 1. The molecule has 8 heteroatoms. The van der Waals surface area contributed by atoms with Crippen LogP contribution in [0.15, 0.2) is 138 Å². The van der Waals surface area contributed by atoms with Gasteiger partial charge in [-0.3, -0.25) is 10.4 Å². The minimum Gasteiger partial charge on any atom is -0.454 e. The van der Waals surface area contributed by atoms with Crippen LogP contribution in [-0.2, 0) is 23.1 Å². The molecule has 0 fully saturated rings. The Morgan fingerprint density at radius 1 is 0.700 bits per heavy atom. The number of sulfonamides is 1. The average molecular weight is 551 g/mol. The highest BCUT2D eigenvalue weighted by Crippen LogP contribution is 2.38. The second kappa shape index (κ2) is 12.4. The highest BCUT2D eigenvalue weighted by molar-refractivity contribution is 7.89. The Kier molecular flexibility index (Phi) is 8.29. The van der Waals surface area contributed by atoms with Gasteiger partial charge in [-0.15, -0.1) is 0 Å². The van der Waals surface area contributed by atoms with E-state index in [4.69, 9.17) is 9.88 Å². The third-order valence-corrected chi connectivity index (χ3v) is 7.07. The molecule has 0 unspecified atom stereocenters. The number of primary sulfonamides is 1. The monoisotopic (exact) mass is 550 g/mol. The number of hydrogen-bond acceptors (Lipinski definition) is 6. The first kappa shape index (κ1) is 26.8. The Labute approximate surface area is 234 Å². The predicted octanol–water partition coefficient (Wildman–Crippen LogP) is 6.77. The van der Waals surface area contributed by atoms with Crippen LogP contribution in [-0.4, -0.2) is 8.42 Å². The normalized spacial score (nSPS) is 11.0. The summed E-state index contributed by atoms with van der Waals surface area (Å²) in [5, 5.41) is 11.1. The summed E-state index contributed by atoms with van der Waals surface area (Å²) in [6.45, 7) is 0.803. The summed E-state index contributed by atoms with van der Waals surface area (Å²) in [5.41, 5.74) is 7.50. The largest absolute Gasteiger partial charge is 0.454 e. The highest BCUT2D eigenvalue weighted by Gasteiger charge is 2.23. The first-order valence-electron chi connectivity index (χ1n) is 12.8. The smallest absolute Gasteiger partial charge is 0.241 e. The van der Waals surface area contributed by atoms with Gasteiger partial charge in [0.05, 0.1) is 23.6 Å². The van der Waals surface area contributed by atoms with Crippen molar-refractivity contribution in [1.29, 1.82) is 0 Å². The molecule has 202 valence electrons. The summed E-state index contributed by atoms with van der Waals surface area (Å²) in [6, 6.07) is 42.0. The maximum absolute atomic E-state index is 12.9. The van der Waals surface area contributed by atoms with Crippen LogP contribution >= 0.6 is 0 Å². The van der Waals surface area contributed by atoms with E-state index in [0.29, 0.717) is 30.1 Å². The number of hydrogen-bond donors (Lipinski definition) is 3. The molecule has 0 atom stereocenters. The van der Waals surface area contributed by atoms with Crippen molar-refractivity contribution in [2.45, 2.75) is 18.0 Å². The maximum Gasteiger partial charge on any atom is 0.241 e. The quantitative estimate of drug-likeness (QED) is 0.157. The first-order valence-corrected chi connectivity index (χ1v) is 14.3. The zero-order valence-corrected chi connectivity index (χ0v) is 22.6. The lowest BCUT2D eigenvalue weighted by Crippen LogP contribution is -2.29. The van der Waals surface area contributed by atoms with Crippen molar-refractivity contribution in [2.24, 2.45) is 5.14 Å². The Balaban J connectivity index is 1.57. The van der Waals surface area contributed by atoms with E-state index in [2.05, 4.69) is 10.7 Å². The zero-order valence-electron chi connectivity index (χ0n) is 21.8. The molecule has 0 amide bonds. The molecule has 0 aromatic heterocycles. The lowest BCUT2D eigenvalue weighted by Gasteiger charge is -2.27. The maximum atomic E-state index is 12.9. The molecule has 0 heterocycles. The molecule has 0 radical (unpaired) electrons. The van der Waals surface area contributed by atoms with Crippen molar-refractivity contribution in [2.75, 3.05) is 15.8 Å². The topological polar surface area (TPSA) is 96.7 Å². The highest BCUT2D eigenvalue weighted by atomic mass is 32.2. The lowest BCUT2D eigenvalue weighted by atomic mass is 10.1. The minimum atomic E-state index is -4.14. The van der Waals surface area contributed by atoms with E-state index in [0.717, 1.165) is 16.9 Å². The van der Waals surface area contributed by atoms with Crippen molar-refractivity contribution in [3.05, 3.63) is 145 Å². The molecule has 40 heavy (non-hydrogen) atoms. The number of anilines is 3. The van der Waals surface area contributed by atoms with Crippen molar-refractivity contribution in [3.8, 4) is 11.5 Å². The van der Waals surface area contributed by atoms with Crippen molar-refractivity contribution >= 4 is 27.1 Å². The van der Waals surface area contributed by atoms with Crippen LogP contribution in [0.5, 0.6) is 11.5 Å². The second-order valence-electron chi connectivity index (χ2n) is 9.17. The van der Waals surface area contributed by atoms with E-state index in [9.17, 15) is 8.42 Å². The van der Waals surface area contributed by atoms with Gasteiger partial charge in [0.15, 0.2) is 5.75 Å². The van der Waals surface area contributed by atoms with Gasteiger partial charge in [0, 0.05) is 6.54 Å². The van der Waals surface area contributed by atoms with Crippen LogP contribution in [0.4, 0.5) is 17.1 Å². The van der Waals surface area contributed by atoms with Gasteiger partial charge in [-0.25, -0.2) is 13.6 Å². The van der Waals surface area contributed by atoms with Crippen LogP contribution in [0.1, 0.15) is 11.1 Å². The molecule has 0 aliphatic rings. The van der Waals surface area contributed by atoms with Crippen LogP contribution in [0.3, 0.4) is 0 Å². The molecule has 0 spiro atoms. The molecule has 5 aromatic carbocycles. The van der Waals surface area contributed by atoms with E-state index in [1.165, 1.54) is 0 Å². The van der Waals surface area contributed by atoms with E-state index in [1.54, 1.807) is 18.2 Å². The average Bonchev–Trinajstić information content (AvgIpc) is 2.98. The Morgan fingerprint density at radius 2 is 1.27 bits per heavy atom. The van der Waals surface area contributed by atoms with Crippen LogP contribution in [0.25, 0.3) is 0 Å². The fourth-order valence-electron chi connectivity index (χ4n) is 4.25.